The first-order valence-corrected chi connectivity index (χ1v) is 5.46. The maximum Gasteiger partial charge on any atom is 0.163 e. The van der Waals surface area contributed by atoms with Gasteiger partial charge in [0, 0.05) is 12.6 Å². The summed E-state index contributed by atoms with van der Waals surface area (Å²) in [7, 11) is 0. The van der Waals surface area contributed by atoms with Gasteiger partial charge in [-0.3, -0.25) is 0 Å². The Kier molecular flexibility index (Phi) is 3.93. The zero-order valence-electron chi connectivity index (χ0n) is 9.96. The second-order valence-corrected chi connectivity index (χ2v) is 4.89. The minimum Gasteiger partial charge on any atom is -0.348 e. The Bertz CT molecular complexity index is 180. The lowest BCUT2D eigenvalue weighted by atomic mass is 10.1. The van der Waals surface area contributed by atoms with Crippen LogP contribution in [0.15, 0.2) is 0 Å². The summed E-state index contributed by atoms with van der Waals surface area (Å²) in [5, 5.41) is 3.46. The first-order valence-electron chi connectivity index (χ1n) is 5.46. The third kappa shape index (κ3) is 3.56. The molecule has 1 N–H and O–H groups in total. The van der Waals surface area contributed by atoms with E-state index < -0.39 is 5.79 Å². The molecule has 0 saturated carbocycles. The maximum absolute atomic E-state index is 5.69. The lowest BCUT2D eigenvalue weighted by Crippen LogP contribution is -2.38. The van der Waals surface area contributed by atoms with E-state index in [1.165, 1.54) is 0 Å². The fraction of sp³-hybridized carbons (Fsp3) is 1.00. The molecule has 3 heteroatoms. The van der Waals surface area contributed by atoms with Gasteiger partial charge in [0.25, 0.3) is 0 Å². The second-order valence-electron chi connectivity index (χ2n) is 4.89. The van der Waals surface area contributed by atoms with Crippen LogP contribution in [0, 0.1) is 5.92 Å². The van der Waals surface area contributed by atoms with Crippen molar-refractivity contribution < 1.29 is 9.47 Å². The van der Waals surface area contributed by atoms with E-state index in [1.807, 2.05) is 13.8 Å². The van der Waals surface area contributed by atoms with Gasteiger partial charge in [-0.15, -0.1) is 0 Å². The van der Waals surface area contributed by atoms with Crippen LogP contribution in [0.4, 0.5) is 0 Å². The lowest BCUT2D eigenvalue weighted by Gasteiger charge is -2.21. The van der Waals surface area contributed by atoms with Crippen LogP contribution in [0.5, 0.6) is 0 Å². The van der Waals surface area contributed by atoms with Gasteiger partial charge in [-0.05, 0) is 26.7 Å². The molecule has 0 aliphatic carbocycles. The van der Waals surface area contributed by atoms with Crippen LogP contribution in [0.1, 0.15) is 34.6 Å². The van der Waals surface area contributed by atoms with Crippen molar-refractivity contribution in [3.05, 3.63) is 0 Å². The lowest BCUT2D eigenvalue weighted by molar-refractivity contribution is -0.137. The Labute approximate surface area is 87.2 Å². The first-order chi connectivity index (χ1) is 6.41. The highest BCUT2D eigenvalue weighted by Gasteiger charge is 2.32. The van der Waals surface area contributed by atoms with E-state index in [0.29, 0.717) is 18.6 Å². The molecule has 3 nitrogen and oxygen atoms in total. The summed E-state index contributed by atoms with van der Waals surface area (Å²) in [5.74, 6) is 0.262. The fourth-order valence-corrected chi connectivity index (χ4v) is 1.42. The van der Waals surface area contributed by atoms with Gasteiger partial charge in [0.15, 0.2) is 5.79 Å². The summed E-state index contributed by atoms with van der Waals surface area (Å²) in [6.07, 6.45) is 0.200. The molecule has 1 rings (SSSR count). The molecule has 0 spiro atoms. The SMILES string of the molecule is CC(C)C(C)NCC1COC(C)(C)O1. The van der Waals surface area contributed by atoms with Crippen LogP contribution in [0.2, 0.25) is 0 Å². The summed E-state index contributed by atoms with van der Waals surface area (Å²) in [6, 6.07) is 0.530. The van der Waals surface area contributed by atoms with Crippen molar-refractivity contribution in [2.24, 2.45) is 5.92 Å². The summed E-state index contributed by atoms with van der Waals surface area (Å²) in [6.45, 7) is 12.1. The fourth-order valence-electron chi connectivity index (χ4n) is 1.42. The number of rotatable bonds is 4. The molecular weight excluding hydrogens is 178 g/mol. The van der Waals surface area contributed by atoms with Crippen molar-refractivity contribution in [3.8, 4) is 0 Å². The molecule has 0 aromatic rings. The number of nitrogens with one attached hydrogen (secondary N) is 1. The second kappa shape index (κ2) is 4.60. The number of hydrogen-bond donors (Lipinski definition) is 1. The van der Waals surface area contributed by atoms with Crippen molar-refractivity contribution in [3.63, 3.8) is 0 Å². The smallest absolute Gasteiger partial charge is 0.163 e. The normalized spacial score (nSPS) is 28.3. The van der Waals surface area contributed by atoms with Gasteiger partial charge < -0.3 is 14.8 Å². The zero-order valence-corrected chi connectivity index (χ0v) is 9.96. The molecule has 0 radical (unpaired) electrons. The molecule has 1 aliphatic rings. The van der Waals surface area contributed by atoms with Gasteiger partial charge in [0.05, 0.1) is 12.7 Å². The monoisotopic (exact) mass is 201 g/mol. The molecule has 1 aliphatic heterocycles. The summed E-state index contributed by atoms with van der Waals surface area (Å²) < 4.78 is 11.2. The Hall–Kier alpha value is -0.120. The van der Waals surface area contributed by atoms with Gasteiger partial charge in [0.1, 0.15) is 0 Å². The highest BCUT2D eigenvalue weighted by atomic mass is 16.7. The van der Waals surface area contributed by atoms with Crippen molar-refractivity contribution >= 4 is 0 Å². The standard InChI is InChI=1S/C11H23NO2/c1-8(2)9(3)12-6-10-7-13-11(4,5)14-10/h8-10,12H,6-7H2,1-5H3. The molecule has 0 bridgehead atoms. The van der Waals surface area contributed by atoms with Crippen LogP contribution < -0.4 is 5.32 Å². The maximum atomic E-state index is 5.69. The van der Waals surface area contributed by atoms with Crippen molar-refractivity contribution in [2.75, 3.05) is 13.2 Å². The van der Waals surface area contributed by atoms with E-state index in [1.54, 1.807) is 0 Å². The molecule has 0 aromatic heterocycles. The van der Waals surface area contributed by atoms with Gasteiger partial charge >= 0.3 is 0 Å². The van der Waals surface area contributed by atoms with E-state index in [0.717, 1.165) is 6.54 Å². The minimum atomic E-state index is -0.395. The van der Waals surface area contributed by atoms with Crippen LogP contribution >= 0.6 is 0 Å². The van der Waals surface area contributed by atoms with Crippen LogP contribution in [-0.4, -0.2) is 31.1 Å². The Morgan fingerprint density at radius 1 is 1.36 bits per heavy atom. The van der Waals surface area contributed by atoms with Crippen LogP contribution in [-0.2, 0) is 9.47 Å². The highest BCUT2D eigenvalue weighted by molar-refractivity contribution is 4.75. The molecule has 2 atom stereocenters. The number of hydrogen-bond acceptors (Lipinski definition) is 3. The minimum absolute atomic E-state index is 0.200. The topological polar surface area (TPSA) is 30.5 Å². The Morgan fingerprint density at radius 3 is 2.43 bits per heavy atom. The molecule has 1 fully saturated rings. The molecule has 0 aromatic carbocycles. The molecule has 1 heterocycles. The van der Waals surface area contributed by atoms with E-state index in [-0.39, 0.29) is 6.10 Å². The third-order valence-electron chi connectivity index (χ3n) is 2.73. The molecule has 1 saturated heterocycles. The predicted molar refractivity (Wildman–Crippen MR) is 57.2 cm³/mol. The van der Waals surface area contributed by atoms with E-state index in [9.17, 15) is 0 Å². The van der Waals surface area contributed by atoms with Gasteiger partial charge in [-0.25, -0.2) is 0 Å². The molecular formula is C11H23NO2. The third-order valence-corrected chi connectivity index (χ3v) is 2.73. The van der Waals surface area contributed by atoms with E-state index >= 15 is 0 Å². The molecule has 84 valence electrons. The van der Waals surface area contributed by atoms with Crippen molar-refractivity contribution in [2.45, 2.75) is 52.6 Å². The van der Waals surface area contributed by atoms with E-state index in [2.05, 4.69) is 26.1 Å². The van der Waals surface area contributed by atoms with Gasteiger partial charge in [-0.1, -0.05) is 13.8 Å². The summed E-state index contributed by atoms with van der Waals surface area (Å²) >= 11 is 0. The average molecular weight is 201 g/mol. The molecule has 0 amide bonds. The zero-order chi connectivity index (χ0) is 10.8. The van der Waals surface area contributed by atoms with E-state index in [4.69, 9.17) is 9.47 Å². The van der Waals surface area contributed by atoms with Crippen LogP contribution in [0.3, 0.4) is 0 Å². The summed E-state index contributed by atoms with van der Waals surface area (Å²) in [4.78, 5) is 0. The number of ether oxygens (including phenoxy) is 2. The summed E-state index contributed by atoms with van der Waals surface area (Å²) in [5.41, 5.74) is 0. The molecule has 14 heavy (non-hydrogen) atoms. The Morgan fingerprint density at radius 2 is 2.00 bits per heavy atom. The first kappa shape index (κ1) is 12.0. The predicted octanol–water partition coefficient (Wildman–Crippen LogP) is 1.77. The average Bonchev–Trinajstić information content (AvgIpc) is 2.41. The van der Waals surface area contributed by atoms with Crippen LogP contribution in [0.25, 0.3) is 0 Å². The van der Waals surface area contributed by atoms with Gasteiger partial charge in [0.2, 0.25) is 0 Å². The largest absolute Gasteiger partial charge is 0.348 e. The quantitative estimate of drug-likeness (QED) is 0.752. The highest BCUT2D eigenvalue weighted by Crippen LogP contribution is 2.21. The van der Waals surface area contributed by atoms with Crippen molar-refractivity contribution in [1.29, 1.82) is 0 Å². The van der Waals surface area contributed by atoms with Gasteiger partial charge in [-0.2, -0.15) is 0 Å². The molecule has 2 unspecified atom stereocenters. The Balaban J connectivity index is 2.21. The van der Waals surface area contributed by atoms with Crippen molar-refractivity contribution in [1.82, 2.24) is 5.32 Å².